The minimum Gasteiger partial charge on any atom is -0.375 e. The average Bonchev–Trinajstić information content (AvgIpc) is 2.76. The van der Waals surface area contributed by atoms with E-state index in [-0.39, 0.29) is 36.5 Å². The van der Waals surface area contributed by atoms with Crippen LogP contribution in [0.3, 0.4) is 0 Å². The summed E-state index contributed by atoms with van der Waals surface area (Å²) in [5.41, 5.74) is 0. The van der Waals surface area contributed by atoms with Crippen LogP contribution in [-0.2, 0) is 9.53 Å². The molecule has 2 rings (SSSR count). The number of amides is 1. The van der Waals surface area contributed by atoms with E-state index in [0.717, 1.165) is 0 Å². The molecule has 1 fully saturated rings. The average molecular weight is 291 g/mol. The van der Waals surface area contributed by atoms with Gasteiger partial charge in [-0.25, -0.2) is 0 Å². The Morgan fingerprint density at radius 1 is 1.58 bits per heavy atom. The van der Waals surface area contributed by atoms with Crippen molar-refractivity contribution in [3.63, 3.8) is 0 Å². The Labute approximate surface area is 117 Å². The smallest absolute Gasteiger partial charge is 0.248 e. The Balaban J connectivity index is 0.00000180. The van der Waals surface area contributed by atoms with Crippen LogP contribution in [-0.4, -0.2) is 41.3 Å². The van der Waals surface area contributed by atoms with Gasteiger partial charge in [0.1, 0.15) is 12.1 Å². The number of hydrogen-bond acceptors (Lipinski definition) is 6. The molecule has 0 aromatic carbocycles. The maximum absolute atomic E-state index is 12.1. The van der Waals surface area contributed by atoms with Crippen LogP contribution < -0.4 is 10.6 Å². The lowest BCUT2D eigenvalue weighted by atomic mass is 10.1. The van der Waals surface area contributed by atoms with Crippen molar-refractivity contribution in [2.75, 3.05) is 13.2 Å². The van der Waals surface area contributed by atoms with Crippen molar-refractivity contribution in [2.24, 2.45) is 0 Å². The van der Waals surface area contributed by atoms with E-state index >= 15 is 0 Å². The second kappa shape index (κ2) is 6.83. The van der Waals surface area contributed by atoms with Gasteiger partial charge >= 0.3 is 0 Å². The monoisotopic (exact) mass is 290 g/mol. The molecule has 2 heterocycles. The summed E-state index contributed by atoms with van der Waals surface area (Å²) >= 11 is 0. The van der Waals surface area contributed by atoms with Crippen LogP contribution >= 0.6 is 12.4 Å². The van der Waals surface area contributed by atoms with Gasteiger partial charge in [-0.1, -0.05) is 5.16 Å². The maximum Gasteiger partial charge on any atom is 0.248 e. The van der Waals surface area contributed by atoms with Crippen LogP contribution in [0, 0.1) is 6.92 Å². The Hall–Kier alpha value is -1.18. The van der Waals surface area contributed by atoms with E-state index in [9.17, 15) is 4.79 Å². The molecule has 7 nitrogen and oxygen atoms in total. The van der Waals surface area contributed by atoms with Crippen LogP contribution in [0.1, 0.15) is 31.6 Å². The third-order valence-electron chi connectivity index (χ3n) is 2.87. The highest BCUT2D eigenvalue weighted by molar-refractivity contribution is 5.85. The first kappa shape index (κ1) is 15.9. The van der Waals surface area contributed by atoms with Crippen molar-refractivity contribution in [2.45, 2.75) is 39.0 Å². The molecule has 1 amide bonds. The summed E-state index contributed by atoms with van der Waals surface area (Å²) in [6, 6.07) is -0.653. The largest absolute Gasteiger partial charge is 0.375 e. The summed E-state index contributed by atoms with van der Waals surface area (Å²) in [6.07, 6.45) is -0.143. The summed E-state index contributed by atoms with van der Waals surface area (Å²) < 4.78 is 10.4. The van der Waals surface area contributed by atoms with Crippen molar-refractivity contribution in [1.82, 2.24) is 20.8 Å². The summed E-state index contributed by atoms with van der Waals surface area (Å²) in [4.78, 5) is 16.1. The molecule has 1 saturated heterocycles. The van der Waals surface area contributed by atoms with Gasteiger partial charge in [0, 0.05) is 6.54 Å². The van der Waals surface area contributed by atoms with E-state index in [4.69, 9.17) is 9.26 Å². The fraction of sp³-hybridized carbons (Fsp3) is 0.727. The van der Waals surface area contributed by atoms with E-state index in [2.05, 4.69) is 20.8 Å². The topological polar surface area (TPSA) is 89.3 Å². The van der Waals surface area contributed by atoms with Gasteiger partial charge in [-0.15, -0.1) is 12.4 Å². The number of hydrogen-bond donors (Lipinski definition) is 2. The molecule has 108 valence electrons. The number of carbonyl (C=O) groups excluding carboxylic acids is 1. The SMILES string of the molecule is Cc1noc(C(C)NC(=O)[C@H]2NCCO[C@@H]2C)n1.Cl. The minimum absolute atomic E-state index is 0. The third kappa shape index (κ3) is 3.89. The summed E-state index contributed by atoms with van der Waals surface area (Å²) in [5.74, 6) is 0.842. The van der Waals surface area contributed by atoms with E-state index in [1.807, 2.05) is 6.92 Å². The molecule has 0 saturated carbocycles. The second-order valence-corrected chi connectivity index (χ2v) is 4.42. The summed E-state index contributed by atoms with van der Waals surface area (Å²) in [5, 5.41) is 9.65. The predicted octanol–water partition coefficient (Wildman–Crippen LogP) is 0.354. The van der Waals surface area contributed by atoms with Gasteiger partial charge in [0.2, 0.25) is 11.8 Å². The first-order valence-electron chi connectivity index (χ1n) is 6.03. The number of halogens is 1. The van der Waals surface area contributed by atoms with Crippen molar-refractivity contribution in [1.29, 1.82) is 0 Å². The van der Waals surface area contributed by atoms with Crippen molar-refractivity contribution in [3.8, 4) is 0 Å². The van der Waals surface area contributed by atoms with Crippen LogP contribution in [0.4, 0.5) is 0 Å². The molecule has 1 aromatic rings. The lowest BCUT2D eigenvalue weighted by Crippen LogP contribution is -2.55. The number of aromatic nitrogens is 2. The lowest BCUT2D eigenvalue weighted by molar-refractivity contribution is -0.129. The maximum atomic E-state index is 12.1. The first-order chi connectivity index (χ1) is 8.58. The Morgan fingerprint density at radius 2 is 2.32 bits per heavy atom. The fourth-order valence-corrected chi connectivity index (χ4v) is 1.88. The molecule has 3 atom stereocenters. The van der Waals surface area contributed by atoms with Gasteiger partial charge in [0.05, 0.1) is 12.7 Å². The Morgan fingerprint density at radius 3 is 2.89 bits per heavy atom. The number of nitrogens with one attached hydrogen (secondary N) is 2. The normalized spacial score (nSPS) is 24.4. The zero-order valence-electron chi connectivity index (χ0n) is 11.2. The molecule has 1 aliphatic heterocycles. The van der Waals surface area contributed by atoms with Crippen LogP contribution in [0.5, 0.6) is 0 Å². The fourth-order valence-electron chi connectivity index (χ4n) is 1.88. The van der Waals surface area contributed by atoms with Crippen LogP contribution in [0.2, 0.25) is 0 Å². The van der Waals surface area contributed by atoms with E-state index in [1.165, 1.54) is 0 Å². The molecule has 1 unspecified atom stereocenters. The van der Waals surface area contributed by atoms with Gasteiger partial charge in [-0.05, 0) is 20.8 Å². The van der Waals surface area contributed by atoms with E-state index < -0.39 is 0 Å². The van der Waals surface area contributed by atoms with Crippen molar-refractivity contribution >= 4 is 18.3 Å². The van der Waals surface area contributed by atoms with Gasteiger partial charge < -0.3 is 19.9 Å². The van der Waals surface area contributed by atoms with Gasteiger partial charge in [-0.2, -0.15) is 4.98 Å². The number of morpholine rings is 1. The number of aryl methyl sites for hydroxylation is 1. The zero-order valence-corrected chi connectivity index (χ0v) is 12.0. The van der Waals surface area contributed by atoms with Crippen molar-refractivity contribution < 1.29 is 14.1 Å². The van der Waals surface area contributed by atoms with Gasteiger partial charge in [-0.3, -0.25) is 4.79 Å². The number of rotatable bonds is 3. The molecule has 0 radical (unpaired) electrons. The first-order valence-corrected chi connectivity index (χ1v) is 6.03. The van der Waals surface area contributed by atoms with Crippen molar-refractivity contribution in [3.05, 3.63) is 11.7 Å². The summed E-state index contributed by atoms with van der Waals surface area (Å²) in [7, 11) is 0. The molecular formula is C11H19ClN4O3. The molecule has 19 heavy (non-hydrogen) atoms. The highest BCUT2D eigenvalue weighted by Crippen LogP contribution is 2.11. The molecule has 1 aromatic heterocycles. The lowest BCUT2D eigenvalue weighted by Gasteiger charge is -2.29. The van der Waals surface area contributed by atoms with E-state index in [1.54, 1.807) is 13.8 Å². The number of carbonyl (C=O) groups is 1. The molecule has 0 spiro atoms. The summed E-state index contributed by atoms with van der Waals surface area (Å²) in [6.45, 7) is 6.72. The molecular weight excluding hydrogens is 272 g/mol. The van der Waals surface area contributed by atoms with Gasteiger partial charge in [0.25, 0.3) is 0 Å². The van der Waals surface area contributed by atoms with Crippen LogP contribution in [0.25, 0.3) is 0 Å². The van der Waals surface area contributed by atoms with E-state index in [0.29, 0.717) is 24.9 Å². The zero-order chi connectivity index (χ0) is 13.1. The highest BCUT2D eigenvalue weighted by Gasteiger charge is 2.29. The molecule has 0 bridgehead atoms. The predicted molar refractivity (Wildman–Crippen MR) is 70.0 cm³/mol. The number of nitrogens with zero attached hydrogens (tertiary/aromatic N) is 2. The van der Waals surface area contributed by atoms with Crippen LogP contribution in [0.15, 0.2) is 4.52 Å². The Kier molecular flexibility index (Phi) is 5.71. The third-order valence-corrected chi connectivity index (χ3v) is 2.87. The molecule has 2 N–H and O–H groups in total. The standard InChI is InChI=1S/C11H18N4O3.ClH/c1-6(11-14-8(3)15-18-11)13-10(16)9-7(2)17-5-4-12-9;/h6-7,9,12H,4-5H2,1-3H3,(H,13,16);1H/t6?,7-,9+;/m1./s1. The quantitative estimate of drug-likeness (QED) is 0.835. The highest BCUT2D eigenvalue weighted by atomic mass is 35.5. The second-order valence-electron chi connectivity index (χ2n) is 4.42. The van der Waals surface area contributed by atoms with Gasteiger partial charge in [0.15, 0.2) is 5.82 Å². The Bertz CT molecular complexity index is 426. The molecule has 1 aliphatic rings. The minimum atomic E-state index is -0.342. The number of ether oxygens (including phenoxy) is 1. The molecule has 0 aliphatic carbocycles. The molecule has 8 heteroatoms.